The number of hydrogen-bond acceptors (Lipinski definition) is 2. The van der Waals surface area contributed by atoms with Crippen molar-refractivity contribution in [3.8, 4) is 73.2 Å². The zero-order valence-electron chi connectivity index (χ0n) is 60.6. The molecule has 0 radical (unpaired) electrons. The van der Waals surface area contributed by atoms with Gasteiger partial charge in [-0.25, -0.2) is 4.98 Å². The number of fused-ring (bicyclic) bond motifs is 4. The van der Waals surface area contributed by atoms with Crippen molar-refractivity contribution in [3.63, 3.8) is 0 Å². The molecule has 3 heterocycles. The van der Waals surface area contributed by atoms with Gasteiger partial charge >= 0.3 is 0 Å². The molecule has 87 heavy (non-hydrogen) atoms. The summed E-state index contributed by atoms with van der Waals surface area (Å²) in [7, 11) is 0. The SMILES string of the molecule is [2H]c1c([2H])c([2H])c(-c2cnc(-n3c4[c-]c(Oc5[c-]c(-n6[c-][n+](-c7c(-c8cc(C(C)(C)C)cc(C(C)(C)C)c8)cccc7-c7cc(C(C)(C)C)cc(C(C)(C)C)c7)c7ccc(-c8ccc(C(C)(C)C)cc8)cc76)ccc5)ccc4c4ccccc43)cc2C([2H])([2H])[2H])c([2H])c1[2H].[Pt]. The Balaban J connectivity index is 0.00000919. The Kier molecular flexibility index (Phi) is 13.2. The van der Waals surface area contributed by atoms with Gasteiger partial charge in [-0.15, -0.1) is 29.7 Å². The predicted octanol–water partition coefficient (Wildman–Crippen LogP) is 21.1. The third kappa shape index (κ3) is 11.9. The van der Waals surface area contributed by atoms with E-state index in [1.807, 2.05) is 59.2 Å². The van der Waals surface area contributed by atoms with Gasteiger partial charge in [0.05, 0.1) is 23.6 Å². The number of nitrogens with zero attached hydrogens (tertiary/aromatic N) is 4. The van der Waals surface area contributed by atoms with Crippen LogP contribution in [0.25, 0.3) is 94.5 Å². The summed E-state index contributed by atoms with van der Waals surface area (Å²) in [5.74, 6) is 0.980. The molecular formula is C81H80N4OPt-2. The third-order valence-corrected chi connectivity index (χ3v) is 16.6. The number of imidazole rings is 1. The first kappa shape index (κ1) is 51.0. The molecule has 12 rings (SSSR count). The molecule has 0 fully saturated rings. The second-order valence-electron chi connectivity index (χ2n) is 28.1. The van der Waals surface area contributed by atoms with Crippen molar-refractivity contribution in [1.29, 1.82) is 0 Å². The standard InChI is InChI=1S/C81H80N4O.Pt/c1-52-40-75(82-50-70(52)54-24-18-17-19-25-54)85-71-31-21-20-28-68(71)69-38-37-65(49-73(69)85)86-64-27-22-26-63(48-64)83-51-84(72-39-34-55(45-74(72)83)53-32-35-58(36-33-53)77(2,3)4)76-66(56-41-59(78(5,6)7)46-60(42-56)79(8,9)10)29-23-30-67(76)57-43-61(80(11,12)13)47-62(44-57)81(14,15)16;/h17-47,50H,1-16H3;/q-2;/i1D3,17D,18D,19D,24D,25D;. The topological polar surface area (TPSA) is 35.9 Å². The second kappa shape index (κ2) is 22.6. The van der Waals surface area contributed by atoms with E-state index in [2.05, 4.69) is 229 Å². The molecule has 5 nitrogen and oxygen atoms in total. The summed E-state index contributed by atoms with van der Waals surface area (Å²) in [5.41, 5.74) is 16.3. The quantitative estimate of drug-likeness (QED) is 0.107. The average molecular weight is 1330 g/mol. The number of pyridine rings is 1. The van der Waals surface area contributed by atoms with Gasteiger partial charge in [0.1, 0.15) is 5.82 Å². The molecule has 0 aliphatic carbocycles. The molecule has 0 saturated carbocycles. The summed E-state index contributed by atoms with van der Waals surface area (Å²) in [4.78, 5) is 4.78. The summed E-state index contributed by atoms with van der Waals surface area (Å²) in [5, 5.41) is 1.65. The molecule has 0 bridgehead atoms. The van der Waals surface area contributed by atoms with E-state index < -0.39 is 37.1 Å². The molecular weight excluding hydrogens is 1240 g/mol. The minimum Gasteiger partial charge on any atom is -0.510 e. The van der Waals surface area contributed by atoms with Crippen LogP contribution in [0.3, 0.4) is 0 Å². The van der Waals surface area contributed by atoms with Crippen molar-refractivity contribution >= 4 is 32.8 Å². The number of para-hydroxylation sites is 2. The van der Waals surface area contributed by atoms with E-state index in [4.69, 9.17) is 20.7 Å². The molecule has 0 N–H and O–H groups in total. The smallest absolute Gasteiger partial charge is 0.268 e. The van der Waals surface area contributed by atoms with Gasteiger partial charge in [-0.3, -0.25) is 4.57 Å². The first-order valence-corrected chi connectivity index (χ1v) is 29.8. The first-order valence-electron chi connectivity index (χ1n) is 33.8. The molecule has 0 aliphatic rings. The first-order chi connectivity index (χ1) is 43.9. The normalized spacial score (nSPS) is 14.0. The molecule has 0 aliphatic heterocycles. The summed E-state index contributed by atoms with van der Waals surface area (Å²) in [6, 6.07) is 59.6. The Labute approximate surface area is 542 Å². The van der Waals surface area contributed by atoms with E-state index in [0.717, 1.165) is 60.9 Å². The molecule has 6 heteroatoms. The summed E-state index contributed by atoms with van der Waals surface area (Å²) < 4.78 is 81.5. The van der Waals surface area contributed by atoms with Gasteiger partial charge in [0.15, 0.2) is 0 Å². The minimum atomic E-state index is -2.78. The summed E-state index contributed by atoms with van der Waals surface area (Å²) in [6.07, 6.45) is 5.25. The van der Waals surface area contributed by atoms with Gasteiger partial charge < -0.3 is 13.9 Å². The molecule has 0 saturated heterocycles. The Bertz CT molecular complexity index is 4820. The number of benzene rings is 9. The van der Waals surface area contributed by atoms with E-state index in [1.165, 1.54) is 40.1 Å². The number of aromatic nitrogens is 4. The van der Waals surface area contributed by atoms with Gasteiger partial charge in [0.25, 0.3) is 6.33 Å². The number of hydrogen-bond donors (Lipinski definition) is 0. The van der Waals surface area contributed by atoms with Crippen molar-refractivity contribution in [3.05, 3.63) is 246 Å². The fraction of sp³-hybridized carbons (Fsp3) is 0.259. The molecule has 442 valence electrons. The van der Waals surface area contributed by atoms with Crippen LogP contribution >= 0.6 is 0 Å². The van der Waals surface area contributed by atoms with Crippen molar-refractivity contribution in [2.45, 2.75) is 138 Å². The van der Waals surface area contributed by atoms with Crippen molar-refractivity contribution < 1.29 is 41.3 Å². The zero-order chi connectivity index (χ0) is 67.7. The Morgan fingerprint density at radius 3 is 1.62 bits per heavy atom. The summed E-state index contributed by atoms with van der Waals surface area (Å²) >= 11 is 0. The van der Waals surface area contributed by atoms with Gasteiger partial charge in [0, 0.05) is 54.0 Å². The van der Waals surface area contributed by atoms with E-state index in [9.17, 15) is 0 Å². The van der Waals surface area contributed by atoms with Crippen LogP contribution in [0.2, 0.25) is 0 Å². The van der Waals surface area contributed by atoms with Gasteiger partial charge in [-0.05, 0) is 136 Å². The number of ether oxygens (including phenoxy) is 1. The zero-order valence-corrected chi connectivity index (χ0v) is 54.9. The van der Waals surface area contributed by atoms with E-state index >= 15 is 0 Å². The fourth-order valence-corrected chi connectivity index (χ4v) is 11.4. The Hall–Kier alpha value is -8.11. The van der Waals surface area contributed by atoms with Crippen molar-refractivity contribution in [2.24, 2.45) is 0 Å². The van der Waals surface area contributed by atoms with Crippen LogP contribution in [0.5, 0.6) is 11.5 Å². The largest absolute Gasteiger partial charge is 0.510 e. The number of rotatable bonds is 9. The maximum absolute atomic E-state index is 8.74. The second-order valence-corrected chi connectivity index (χ2v) is 28.1. The van der Waals surface area contributed by atoms with E-state index in [-0.39, 0.29) is 70.6 Å². The van der Waals surface area contributed by atoms with Crippen LogP contribution in [0, 0.1) is 25.3 Å². The summed E-state index contributed by atoms with van der Waals surface area (Å²) in [6.45, 7) is 31.3. The Morgan fingerprint density at radius 1 is 0.471 bits per heavy atom. The molecule has 3 aromatic heterocycles. The van der Waals surface area contributed by atoms with E-state index in [1.54, 1.807) is 0 Å². The molecule has 12 aromatic rings. The van der Waals surface area contributed by atoms with Gasteiger partial charge in [0.2, 0.25) is 0 Å². The van der Waals surface area contributed by atoms with E-state index in [0.29, 0.717) is 28.2 Å². The molecule has 0 amide bonds. The van der Waals surface area contributed by atoms with Crippen LogP contribution in [0.4, 0.5) is 0 Å². The predicted molar refractivity (Wildman–Crippen MR) is 360 cm³/mol. The minimum absolute atomic E-state index is 0. The molecule has 0 unspecified atom stereocenters. The molecule has 0 spiro atoms. The fourth-order valence-electron chi connectivity index (χ4n) is 11.4. The number of aryl methyl sites for hydroxylation is 1. The molecule has 0 atom stereocenters. The van der Waals surface area contributed by atoms with Crippen LogP contribution in [0.15, 0.2) is 194 Å². The van der Waals surface area contributed by atoms with Crippen LogP contribution in [-0.4, -0.2) is 14.1 Å². The third-order valence-electron chi connectivity index (χ3n) is 16.6. The van der Waals surface area contributed by atoms with Gasteiger partial charge in [-0.1, -0.05) is 249 Å². The maximum Gasteiger partial charge on any atom is 0.268 e. The molecule has 9 aromatic carbocycles. The van der Waals surface area contributed by atoms with Crippen LogP contribution in [0.1, 0.15) is 148 Å². The van der Waals surface area contributed by atoms with Crippen LogP contribution < -0.4 is 9.30 Å². The maximum atomic E-state index is 8.74. The van der Waals surface area contributed by atoms with Gasteiger partial charge in [-0.2, -0.15) is 18.2 Å². The monoisotopic (exact) mass is 1330 g/mol. The van der Waals surface area contributed by atoms with Crippen molar-refractivity contribution in [2.75, 3.05) is 0 Å². The Morgan fingerprint density at radius 2 is 1.03 bits per heavy atom. The average Bonchev–Trinajstić information content (AvgIpc) is 1.70. The van der Waals surface area contributed by atoms with Crippen LogP contribution in [-0.2, 0) is 48.1 Å². The van der Waals surface area contributed by atoms with Crippen molar-refractivity contribution in [1.82, 2.24) is 14.1 Å².